The number of carbonyl (C=O) groups excluding carboxylic acids is 1. The second-order valence-corrected chi connectivity index (χ2v) is 4.04. The molecule has 0 bridgehead atoms. The van der Waals surface area contributed by atoms with Crippen LogP contribution in [0.2, 0.25) is 0 Å². The Hall–Kier alpha value is -1.60. The Morgan fingerprint density at radius 1 is 1.47 bits per heavy atom. The standard InChI is InChI=1S/C11H18N4O3.ClH/c1-4-12-7(2)5-13-9(16)8-6-14-11(18)15(3)10(8)17;/h6-7,12H,4-5H2,1-3H3,(H,13,16)(H,14,18);1H/t7-;/m1./s1. The molecule has 0 saturated carbocycles. The molecule has 8 heteroatoms. The maximum absolute atomic E-state index is 11.8. The van der Waals surface area contributed by atoms with Crippen LogP contribution in [0, 0.1) is 0 Å². The monoisotopic (exact) mass is 290 g/mol. The van der Waals surface area contributed by atoms with Crippen molar-refractivity contribution < 1.29 is 4.79 Å². The number of hydrogen-bond acceptors (Lipinski definition) is 4. The normalized spacial score (nSPS) is 11.5. The lowest BCUT2D eigenvalue weighted by Gasteiger charge is -2.13. The number of aromatic amines is 1. The molecule has 0 aliphatic carbocycles. The van der Waals surface area contributed by atoms with E-state index in [1.54, 1.807) is 0 Å². The summed E-state index contributed by atoms with van der Waals surface area (Å²) in [7, 11) is 1.32. The van der Waals surface area contributed by atoms with Crippen LogP contribution in [0.5, 0.6) is 0 Å². The van der Waals surface area contributed by atoms with Crippen LogP contribution in [0.25, 0.3) is 0 Å². The number of H-pyrrole nitrogens is 1. The molecule has 0 saturated heterocycles. The zero-order valence-electron chi connectivity index (χ0n) is 11.1. The van der Waals surface area contributed by atoms with Gasteiger partial charge in [-0.1, -0.05) is 6.92 Å². The van der Waals surface area contributed by atoms with E-state index in [9.17, 15) is 14.4 Å². The molecular weight excluding hydrogens is 272 g/mol. The van der Waals surface area contributed by atoms with Crippen molar-refractivity contribution in [2.75, 3.05) is 13.1 Å². The molecular formula is C11H19ClN4O3. The molecule has 19 heavy (non-hydrogen) atoms. The highest BCUT2D eigenvalue weighted by molar-refractivity contribution is 5.93. The molecule has 0 radical (unpaired) electrons. The van der Waals surface area contributed by atoms with Crippen molar-refractivity contribution in [2.24, 2.45) is 7.05 Å². The van der Waals surface area contributed by atoms with E-state index in [1.165, 1.54) is 7.05 Å². The third kappa shape index (κ3) is 4.53. The minimum Gasteiger partial charge on any atom is -0.350 e. The van der Waals surface area contributed by atoms with Gasteiger partial charge in [-0.3, -0.25) is 14.2 Å². The van der Waals surface area contributed by atoms with E-state index in [4.69, 9.17) is 0 Å². The second-order valence-electron chi connectivity index (χ2n) is 4.04. The lowest BCUT2D eigenvalue weighted by molar-refractivity contribution is 0.0947. The van der Waals surface area contributed by atoms with Crippen LogP contribution in [-0.4, -0.2) is 34.6 Å². The van der Waals surface area contributed by atoms with E-state index < -0.39 is 17.2 Å². The van der Waals surface area contributed by atoms with Gasteiger partial charge in [0.15, 0.2) is 0 Å². The number of carbonyl (C=O) groups is 1. The Balaban J connectivity index is 0.00000324. The second kappa shape index (κ2) is 7.75. The van der Waals surface area contributed by atoms with Gasteiger partial charge < -0.3 is 15.6 Å². The van der Waals surface area contributed by atoms with Crippen molar-refractivity contribution in [3.05, 3.63) is 32.6 Å². The van der Waals surface area contributed by atoms with Crippen LogP contribution in [0.15, 0.2) is 15.8 Å². The van der Waals surface area contributed by atoms with Crippen molar-refractivity contribution in [3.63, 3.8) is 0 Å². The highest BCUT2D eigenvalue weighted by atomic mass is 35.5. The average molecular weight is 291 g/mol. The first kappa shape index (κ1) is 17.4. The first-order valence-electron chi connectivity index (χ1n) is 5.77. The predicted octanol–water partition coefficient (Wildman–Crippen LogP) is -0.777. The van der Waals surface area contributed by atoms with Gasteiger partial charge in [-0.25, -0.2) is 4.79 Å². The molecule has 1 atom stereocenters. The minimum absolute atomic E-state index is 0. The predicted molar refractivity (Wildman–Crippen MR) is 75.0 cm³/mol. The molecule has 3 N–H and O–H groups in total. The number of amides is 1. The molecule has 1 rings (SSSR count). The summed E-state index contributed by atoms with van der Waals surface area (Å²) < 4.78 is 0.864. The summed E-state index contributed by atoms with van der Waals surface area (Å²) in [5.74, 6) is -0.489. The van der Waals surface area contributed by atoms with Crippen LogP contribution in [0.1, 0.15) is 24.2 Å². The fourth-order valence-corrected chi connectivity index (χ4v) is 1.49. The molecule has 0 unspecified atom stereocenters. The van der Waals surface area contributed by atoms with Crippen LogP contribution < -0.4 is 21.9 Å². The zero-order valence-corrected chi connectivity index (χ0v) is 12.0. The van der Waals surface area contributed by atoms with E-state index in [-0.39, 0.29) is 24.0 Å². The quantitative estimate of drug-likeness (QED) is 0.663. The summed E-state index contributed by atoms with van der Waals surface area (Å²) >= 11 is 0. The Labute approximate surface area is 116 Å². The number of likely N-dealkylation sites (N-methyl/N-ethyl adjacent to an activating group) is 1. The molecule has 0 aliphatic heterocycles. The number of nitrogens with zero attached hydrogens (tertiary/aromatic N) is 1. The van der Waals surface area contributed by atoms with Gasteiger partial charge in [-0.05, 0) is 13.5 Å². The van der Waals surface area contributed by atoms with Gasteiger partial charge in [0.25, 0.3) is 11.5 Å². The Kier molecular flexibility index (Phi) is 7.10. The number of halogens is 1. The van der Waals surface area contributed by atoms with Crippen molar-refractivity contribution in [1.29, 1.82) is 0 Å². The number of aromatic nitrogens is 2. The summed E-state index contributed by atoms with van der Waals surface area (Å²) in [4.78, 5) is 36.9. The molecule has 108 valence electrons. The van der Waals surface area contributed by atoms with Crippen molar-refractivity contribution in [2.45, 2.75) is 19.9 Å². The van der Waals surface area contributed by atoms with Gasteiger partial charge in [-0.2, -0.15) is 0 Å². The molecule has 0 spiro atoms. The molecule has 1 aromatic rings. The third-order valence-electron chi connectivity index (χ3n) is 2.55. The SMILES string of the molecule is CCN[C@H](C)CNC(=O)c1c[nH]c(=O)n(C)c1=O.Cl. The van der Waals surface area contributed by atoms with Crippen LogP contribution in [0.3, 0.4) is 0 Å². The zero-order chi connectivity index (χ0) is 13.7. The molecule has 1 heterocycles. The van der Waals surface area contributed by atoms with Crippen LogP contribution in [-0.2, 0) is 7.05 Å². The van der Waals surface area contributed by atoms with Crippen molar-refractivity contribution in [1.82, 2.24) is 20.2 Å². The highest BCUT2D eigenvalue weighted by Gasteiger charge is 2.13. The summed E-state index contributed by atoms with van der Waals surface area (Å²) in [6, 6.07) is 0.116. The maximum atomic E-state index is 11.8. The van der Waals surface area contributed by atoms with Crippen molar-refractivity contribution in [3.8, 4) is 0 Å². The Morgan fingerprint density at radius 2 is 2.11 bits per heavy atom. The fourth-order valence-electron chi connectivity index (χ4n) is 1.49. The van der Waals surface area contributed by atoms with Gasteiger partial charge in [-0.15, -0.1) is 12.4 Å². The molecule has 1 aromatic heterocycles. The number of rotatable bonds is 5. The summed E-state index contributed by atoms with van der Waals surface area (Å²) in [6.45, 7) is 5.11. The topological polar surface area (TPSA) is 96.0 Å². The van der Waals surface area contributed by atoms with E-state index in [1.807, 2.05) is 13.8 Å². The molecule has 0 fully saturated rings. The van der Waals surface area contributed by atoms with Gasteiger partial charge >= 0.3 is 5.69 Å². The molecule has 0 aromatic carbocycles. The van der Waals surface area contributed by atoms with E-state index in [0.29, 0.717) is 6.54 Å². The Bertz CT molecular complexity index is 537. The van der Waals surface area contributed by atoms with E-state index in [0.717, 1.165) is 17.3 Å². The fraction of sp³-hybridized carbons (Fsp3) is 0.545. The van der Waals surface area contributed by atoms with Crippen LogP contribution in [0.4, 0.5) is 0 Å². The maximum Gasteiger partial charge on any atom is 0.328 e. The minimum atomic E-state index is -0.604. The lowest BCUT2D eigenvalue weighted by Crippen LogP contribution is -2.42. The first-order chi connectivity index (χ1) is 8.47. The van der Waals surface area contributed by atoms with Crippen molar-refractivity contribution >= 4 is 18.3 Å². The largest absolute Gasteiger partial charge is 0.350 e. The first-order valence-corrected chi connectivity index (χ1v) is 5.77. The lowest BCUT2D eigenvalue weighted by atomic mass is 10.3. The van der Waals surface area contributed by atoms with E-state index >= 15 is 0 Å². The van der Waals surface area contributed by atoms with Gasteiger partial charge in [0, 0.05) is 25.8 Å². The summed E-state index contributed by atoms with van der Waals surface area (Å²) in [6.07, 6.45) is 1.14. The summed E-state index contributed by atoms with van der Waals surface area (Å²) in [5.41, 5.74) is -1.22. The van der Waals surface area contributed by atoms with Crippen LogP contribution >= 0.6 is 12.4 Å². The number of nitrogens with one attached hydrogen (secondary N) is 3. The van der Waals surface area contributed by atoms with Gasteiger partial charge in [0.05, 0.1) is 0 Å². The molecule has 1 amide bonds. The number of hydrogen-bond donors (Lipinski definition) is 3. The molecule has 0 aliphatic rings. The molecule has 7 nitrogen and oxygen atoms in total. The highest BCUT2D eigenvalue weighted by Crippen LogP contribution is 1.87. The average Bonchev–Trinajstić information content (AvgIpc) is 2.34. The smallest absolute Gasteiger partial charge is 0.328 e. The Morgan fingerprint density at radius 3 is 2.68 bits per heavy atom. The van der Waals surface area contributed by atoms with E-state index in [2.05, 4.69) is 15.6 Å². The third-order valence-corrected chi connectivity index (χ3v) is 2.55. The van der Waals surface area contributed by atoms with Gasteiger partial charge in [0.1, 0.15) is 5.56 Å². The van der Waals surface area contributed by atoms with Gasteiger partial charge in [0.2, 0.25) is 0 Å². The summed E-state index contributed by atoms with van der Waals surface area (Å²) in [5, 5.41) is 5.77.